The van der Waals surface area contributed by atoms with Gasteiger partial charge in [0.1, 0.15) is 11.8 Å². The number of carbonyl (C=O) groups is 3. The number of anilines is 1. The fraction of sp³-hybridized carbons (Fsp3) is 0.300. The van der Waals surface area contributed by atoms with Crippen molar-refractivity contribution in [3.63, 3.8) is 0 Å². The largest absolute Gasteiger partial charge is 0.497 e. The highest BCUT2D eigenvalue weighted by atomic mass is 16.5. The lowest BCUT2D eigenvalue weighted by Crippen LogP contribution is -2.31. The topological polar surface area (TPSA) is 110 Å². The molecule has 0 bridgehead atoms. The Morgan fingerprint density at radius 2 is 1.90 bits per heavy atom. The normalized spacial score (nSPS) is 15.8. The molecule has 0 spiro atoms. The number of benzene rings is 1. The van der Waals surface area contributed by atoms with E-state index in [1.54, 1.807) is 43.5 Å². The van der Waals surface area contributed by atoms with Crippen molar-refractivity contribution in [3.05, 3.63) is 48.2 Å². The molecule has 1 fully saturated rings. The summed E-state index contributed by atoms with van der Waals surface area (Å²) in [6, 6.07) is 9.24. The fourth-order valence-corrected chi connectivity index (χ4v) is 2.91. The first-order valence-electron chi connectivity index (χ1n) is 9.05. The van der Waals surface area contributed by atoms with Crippen molar-refractivity contribution in [3.8, 4) is 11.6 Å². The van der Waals surface area contributed by atoms with E-state index in [-0.39, 0.29) is 31.2 Å². The van der Waals surface area contributed by atoms with Crippen LogP contribution in [-0.2, 0) is 16.1 Å². The van der Waals surface area contributed by atoms with Crippen LogP contribution in [0.1, 0.15) is 18.4 Å². The van der Waals surface area contributed by atoms with E-state index < -0.39 is 12.1 Å². The third-order valence-corrected chi connectivity index (χ3v) is 4.50. The van der Waals surface area contributed by atoms with Crippen molar-refractivity contribution in [1.29, 1.82) is 0 Å². The number of pyridine rings is 1. The number of hydrogen-bond donors (Lipinski definition) is 2. The molecular weight excluding hydrogens is 376 g/mol. The maximum Gasteiger partial charge on any atom is 0.325 e. The number of aromatic nitrogens is 1. The maximum absolute atomic E-state index is 12.5. The van der Waals surface area contributed by atoms with Crippen molar-refractivity contribution >= 4 is 23.5 Å². The lowest BCUT2D eigenvalue weighted by Gasteiger charge is -2.13. The van der Waals surface area contributed by atoms with Crippen LogP contribution in [0.5, 0.6) is 11.6 Å². The number of rotatable bonds is 8. The monoisotopic (exact) mass is 398 g/mol. The van der Waals surface area contributed by atoms with Gasteiger partial charge in [0.2, 0.25) is 11.8 Å². The molecule has 0 radical (unpaired) electrons. The zero-order valence-corrected chi connectivity index (χ0v) is 16.2. The van der Waals surface area contributed by atoms with Crippen molar-refractivity contribution in [2.45, 2.75) is 25.4 Å². The van der Waals surface area contributed by atoms with E-state index in [4.69, 9.17) is 9.47 Å². The molecule has 2 aromatic rings. The van der Waals surface area contributed by atoms with Crippen LogP contribution in [0.4, 0.5) is 10.5 Å². The Balaban J connectivity index is 1.51. The van der Waals surface area contributed by atoms with E-state index in [0.29, 0.717) is 17.3 Å². The molecule has 0 aliphatic carbocycles. The lowest BCUT2D eigenvalue weighted by atomic mass is 10.1. The molecule has 0 unspecified atom stereocenters. The zero-order valence-electron chi connectivity index (χ0n) is 16.2. The smallest absolute Gasteiger partial charge is 0.325 e. The number of hydrogen-bond acceptors (Lipinski definition) is 6. The van der Waals surface area contributed by atoms with Crippen LogP contribution in [0.2, 0.25) is 0 Å². The standard InChI is InChI=1S/C20H22N4O5/c1-28-15-6-3-13(4-7-15)12-24-19(26)16(23-20(24)27)8-9-17(25)22-14-5-10-18(29-2)21-11-14/h3-7,10-11,16H,8-9,12H2,1-2H3,(H,22,25)(H,23,27)/t16-/m1/s1. The minimum Gasteiger partial charge on any atom is -0.497 e. The van der Waals surface area contributed by atoms with Crippen LogP contribution < -0.4 is 20.1 Å². The molecule has 29 heavy (non-hydrogen) atoms. The Labute approximate surface area is 168 Å². The Hall–Kier alpha value is -3.62. The first kappa shape index (κ1) is 20.1. The van der Waals surface area contributed by atoms with Crippen molar-refractivity contribution in [2.24, 2.45) is 0 Å². The van der Waals surface area contributed by atoms with E-state index in [0.717, 1.165) is 10.5 Å². The van der Waals surface area contributed by atoms with Gasteiger partial charge in [0.15, 0.2) is 0 Å². The molecule has 2 N–H and O–H groups in total. The summed E-state index contributed by atoms with van der Waals surface area (Å²) >= 11 is 0. The van der Waals surface area contributed by atoms with Gasteiger partial charge in [-0.1, -0.05) is 12.1 Å². The van der Waals surface area contributed by atoms with Gasteiger partial charge < -0.3 is 20.1 Å². The quantitative estimate of drug-likeness (QED) is 0.658. The summed E-state index contributed by atoms with van der Waals surface area (Å²) in [6.45, 7) is 0.162. The van der Waals surface area contributed by atoms with Gasteiger partial charge in [-0.05, 0) is 30.2 Å². The Kier molecular flexibility index (Phi) is 6.28. The molecule has 1 saturated heterocycles. The highest BCUT2D eigenvalue weighted by Crippen LogP contribution is 2.18. The van der Waals surface area contributed by atoms with Crippen molar-refractivity contribution in [1.82, 2.24) is 15.2 Å². The van der Waals surface area contributed by atoms with Crippen LogP contribution in [0.15, 0.2) is 42.6 Å². The molecule has 2 heterocycles. The third-order valence-electron chi connectivity index (χ3n) is 4.50. The number of ether oxygens (including phenoxy) is 2. The fourth-order valence-electron chi connectivity index (χ4n) is 2.91. The highest BCUT2D eigenvalue weighted by Gasteiger charge is 2.37. The van der Waals surface area contributed by atoms with Crippen LogP contribution in [0.3, 0.4) is 0 Å². The number of carbonyl (C=O) groups excluding carboxylic acids is 3. The summed E-state index contributed by atoms with van der Waals surface area (Å²) in [5.74, 6) is 0.526. The van der Waals surface area contributed by atoms with Crippen molar-refractivity contribution < 1.29 is 23.9 Å². The number of nitrogens with one attached hydrogen (secondary N) is 2. The van der Waals surface area contributed by atoms with Gasteiger partial charge in [0.25, 0.3) is 5.91 Å². The number of nitrogens with zero attached hydrogens (tertiary/aromatic N) is 2. The highest BCUT2D eigenvalue weighted by molar-refractivity contribution is 6.04. The van der Waals surface area contributed by atoms with Gasteiger partial charge in [-0.2, -0.15) is 0 Å². The number of amides is 4. The Bertz CT molecular complexity index is 883. The minimum atomic E-state index is -0.722. The molecule has 9 nitrogen and oxygen atoms in total. The van der Waals surface area contributed by atoms with Gasteiger partial charge >= 0.3 is 6.03 Å². The van der Waals surface area contributed by atoms with Gasteiger partial charge in [-0.3, -0.25) is 14.5 Å². The molecule has 1 atom stereocenters. The summed E-state index contributed by atoms with van der Waals surface area (Å²) in [5.41, 5.74) is 1.33. The first-order chi connectivity index (χ1) is 14.0. The van der Waals surface area contributed by atoms with E-state index in [2.05, 4.69) is 15.6 Å². The van der Waals surface area contributed by atoms with Crippen LogP contribution in [-0.4, -0.2) is 48.0 Å². The molecule has 1 aliphatic heterocycles. The van der Waals surface area contributed by atoms with E-state index in [9.17, 15) is 14.4 Å². The molecule has 1 aromatic heterocycles. The zero-order chi connectivity index (χ0) is 20.8. The minimum absolute atomic E-state index is 0.0824. The summed E-state index contributed by atoms with van der Waals surface area (Å²) in [5, 5.41) is 5.33. The average Bonchev–Trinajstić information content (AvgIpc) is 3.01. The predicted octanol–water partition coefficient (Wildman–Crippen LogP) is 1.94. The first-order valence-corrected chi connectivity index (χ1v) is 9.05. The third kappa shape index (κ3) is 5.01. The second-order valence-electron chi connectivity index (χ2n) is 6.45. The number of methoxy groups -OCH3 is 2. The maximum atomic E-state index is 12.5. The molecule has 9 heteroatoms. The molecular formula is C20H22N4O5. The summed E-state index contributed by atoms with van der Waals surface area (Å²) < 4.78 is 10.1. The average molecular weight is 398 g/mol. The molecule has 152 valence electrons. The van der Waals surface area contributed by atoms with Gasteiger partial charge in [0.05, 0.1) is 32.6 Å². The van der Waals surface area contributed by atoms with Crippen LogP contribution in [0.25, 0.3) is 0 Å². The summed E-state index contributed by atoms with van der Waals surface area (Å²) in [6.07, 6.45) is 1.77. The lowest BCUT2D eigenvalue weighted by molar-refractivity contribution is -0.128. The Morgan fingerprint density at radius 1 is 1.14 bits per heavy atom. The van der Waals surface area contributed by atoms with E-state index in [1.165, 1.54) is 13.3 Å². The van der Waals surface area contributed by atoms with Gasteiger partial charge in [-0.15, -0.1) is 0 Å². The second kappa shape index (κ2) is 9.05. The molecule has 0 saturated carbocycles. The predicted molar refractivity (Wildman–Crippen MR) is 105 cm³/mol. The SMILES string of the molecule is COc1ccc(CN2C(=O)N[C@H](CCC(=O)Nc3ccc(OC)nc3)C2=O)cc1. The second-order valence-corrected chi connectivity index (χ2v) is 6.45. The van der Waals surface area contributed by atoms with Crippen molar-refractivity contribution in [2.75, 3.05) is 19.5 Å². The summed E-state index contributed by atoms with van der Waals surface area (Å²) in [7, 11) is 3.07. The summed E-state index contributed by atoms with van der Waals surface area (Å²) in [4.78, 5) is 42.0. The molecule has 3 rings (SSSR count). The number of urea groups is 1. The van der Waals surface area contributed by atoms with Crippen LogP contribution in [0, 0.1) is 0 Å². The van der Waals surface area contributed by atoms with Gasteiger partial charge in [-0.25, -0.2) is 9.78 Å². The molecule has 4 amide bonds. The van der Waals surface area contributed by atoms with E-state index in [1.807, 2.05) is 0 Å². The number of imide groups is 1. The molecule has 1 aromatic carbocycles. The van der Waals surface area contributed by atoms with E-state index >= 15 is 0 Å². The molecule has 1 aliphatic rings. The Morgan fingerprint density at radius 3 is 2.52 bits per heavy atom. The van der Waals surface area contributed by atoms with Gasteiger partial charge in [0, 0.05) is 12.5 Å². The van der Waals surface area contributed by atoms with Crippen LogP contribution >= 0.6 is 0 Å².